The summed E-state index contributed by atoms with van der Waals surface area (Å²) >= 11 is 0. The number of esters is 1. The number of hydrogen-bond acceptors (Lipinski definition) is 6. The quantitative estimate of drug-likeness (QED) is 0.145. The van der Waals surface area contributed by atoms with Gasteiger partial charge in [0.05, 0.1) is 6.10 Å². The smallest absolute Gasteiger partial charge is 0.303 e. The van der Waals surface area contributed by atoms with Crippen LogP contribution in [0.25, 0.3) is 0 Å². The second kappa shape index (κ2) is 14.4. The Bertz CT molecular complexity index is 658. The summed E-state index contributed by atoms with van der Waals surface area (Å²) in [5.41, 5.74) is 0. The van der Waals surface area contributed by atoms with Crippen LogP contribution in [0, 0.1) is 17.8 Å². The number of unbranched alkanes of at least 4 members (excludes halogenated alkanes) is 1. The zero-order valence-electron chi connectivity index (χ0n) is 21.8. The highest BCUT2D eigenvalue weighted by atomic mass is 28.4. The molecule has 0 aromatic rings. The van der Waals surface area contributed by atoms with Crippen molar-refractivity contribution in [1.82, 2.24) is 0 Å². The Hall–Kier alpha value is -1.22. The highest BCUT2D eigenvalue weighted by Gasteiger charge is 2.47. The Kier molecular flexibility index (Phi) is 12.3. The van der Waals surface area contributed by atoms with E-state index in [-0.39, 0.29) is 42.7 Å². The minimum atomic E-state index is -1.83. The van der Waals surface area contributed by atoms with Crippen LogP contribution in [0.15, 0.2) is 12.2 Å². The molecule has 0 radical (unpaired) electrons. The fourth-order valence-electron chi connectivity index (χ4n) is 5.31. The van der Waals surface area contributed by atoms with E-state index in [9.17, 15) is 9.59 Å². The van der Waals surface area contributed by atoms with Crippen LogP contribution >= 0.6 is 0 Å². The normalized spacial score (nSPS) is 28.0. The van der Waals surface area contributed by atoms with Gasteiger partial charge in [-0.3, -0.25) is 9.59 Å². The molecule has 34 heavy (non-hydrogen) atoms. The molecule has 1 saturated carbocycles. The summed E-state index contributed by atoms with van der Waals surface area (Å²) < 4.78 is 24.7. The first-order valence-electron chi connectivity index (χ1n) is 13.0. The fourth-order valence-corrected chi connectivity index (χ4v) is 8.04. The van der Waals surface area contributed by atoms with Gasteiger partial charge >= 0.3 is 11.9 Å². The van der Waals surface area contributed by atoms with Crippen molar-refractivity contribution in [3.05, 3.63) is 12.2 Å². The first-order valence-corrected chi connectivity index (χ1v) is 16.1. The van der Waals surface area contributed by atoms with E-state index in [4.69, 9.17) is 23.7 Å². The molecule has 1 N–H and O–H groups in total. The molecule has 0 aromatic carbocycles. The Morgan fingerprint density at radius 1 is 1.15 bits per heavy atom. The van der Waals surface area contributed by atoms with Gasteiger partial charge in [-0.25, -0.2) is 0 Å². The summed E-state index contributed by atoms with van der Waals surface area (Å²) in [6.45, 7) is 11.8. The first kappa shape index (κ1) is 29.0. The van der Waals surface area contributed by atoms with Crippen LogP contribution in [0.4, 0.5) is 0 Å². The Morgan fingerprint density at radius 3 is 2.53 bits per heavy atom. The van der Waals surface area contributed by atoms with E-state index in [0.717, 1.165) is 44.8 Å². The van der Waals surface area contributed by atoms with E-state index < -0.39 is 14.3 Å². The van der Waals surface area contributed by atoms with Gasteiger partial charge < -0.3 is 23.7 Å². The van der Waals surface area contributed by atoms with E-state index in [1.54, 1.807) is 0 Å². The standard InChI is InChI=1S/C26H46O7Si/c1-19(2)18-34(4,5)31-17-22-21(12-8-6-7-9-13-25(28)29)23(32-20(3)27)16-24(22)33-26-14-10-11-15-30-26/h6,8,19,21-24,26H,7,9-18H2,1-5H3,(H,28,29)/t21-,22-,23-,24-,26?/m1/s1. The molecule has 2 aliphatic rings. The van der Waals surface area contributed by atoms with Gasteiger partial charge in [0.1, 0.15) is 6.10 Å². The van der Waals surface area contributed by atoms with E-state index in [1.807, 2.05) is 6.08 Å². The lowest BCUT2D eigenvalue weighted by Crippen LogP contribution is -2.39. The summed E-state index contributed by atoms with van der Waals surface area (Å²) in [6.07, 6.45) is 9.61. The van der Waals surface area contributed by atoms with Gasteiger partial charge in [-0.1, -0.05) is 26.0 Å². The first-order chi connectivity index (χ1) is 16.1. The van der Waals surface area contributed by atoms with Crippen molar-refractivity contribution in [2.24, 2.45) is 17.8 Å². The molecule has 5 atom stereocenters. The van der Waals surface area contributed by atoms with Crippen molar-refractivity contribution in [2.45, 2.75) is 110 Å². The summed E-state index contributed by atoms with van der Waals surface area (Å²) in [6, 6.07) is 1.10. The topological polar surface area (TPSA) is 91.3 Å². The lowest BCUT2D eigenvalue weighted by Gasteiger charge is -2.33. The van der Waals surface area contributed by atoms with Gasteiger partial charge in [0.2, 0.25) is 0 Å². The number of ether oxygens (including phenoxy) is 3. The molecule has 0 bridgehead atoms. The second-order valence-electron chi connectivity index (χ2n) is 10.8. The highest BCUT2D eigenvalue weighted by molar-refractivity contribution is 6.71. The van der Waals surface area contributed by atoms with Crippen LogP contribution in [0.2, 0.25) is 19.1 Å². The summed E-state index contributed by atoms with van der Waals surface area (Å²) in [7, 11) is -1.83. The molecule has 8 heteroatoms. The van der Waals surface area contributed by atoms with Crippen LogP contribution < -0.4 is 0 Å². The number of carbonyl (C=O) groups is 2. The minimum Gasteiger partial charge on any atom is -0.481 e. The fraction of sp³-hybridized carbons (Fsp3) is 0.846. The maximum atomic E-state index is 11.9. The molecular weight excluding hydrogens is 452 g/mol. The van der Waals surface area contributed by atoms with Gasteiger partial charge in [-0.05, 0) is 63.6 Å². The molecule has 1 aliphatic heterocycles. The van der Waals surface area contributed by atoms with Crippen molar-refractivity contribution >= 4 is 20.3 Å². The predicted octanol–water partition coefficient (Wildman–Crippen LogP) is 5.54. The van der Waals surface area contributed by atoms with Gasteiger partial charge in [0.25, 0.3) is 0 Å². The maximum Gasteiger partial charge on any atom is 0.303 e. The van der Waals surface area contributed by atoms with E-state index in [2.05, 4.69) is 33.0 Å². The molecule has 0 amide bonds. The molecule has 0 spiro atoms. The van der Waals surface area contributed by atoms with Gasteiger partial charge in [0, 0.05) is 44.8 Å². The molecule has 0 aromatic heterocycles. The average molecular weight is 499 g/mol. The number of carbonyl (C=O) groups excluding carboxylic acids is 1. The van der Waals surface area contributed by atoms with Gasteiger partial charge in [-0.2, -0.15) is 0 Å². The third-order valence-electron chi connectivity index (χ3n) is 6.65. The number of carboxylic acids is 1. The number of allylic oxidation sites excluding steroid dienone is 2. The molecule has 2 fully saturated rings. The Balaban J connectivity index is 2.12. The number of carboxylic acid groups (broad SMARTS) is 1. The van der Waals surface area contributed by atoms with Crippen LogP contribution in [0.1, 0.15) is 72.1 Å². The van der Waals surface area contributed by atoms with E-state index in [1.165, 1.54) is 6.92 Å². The van der Waals surface area contributed by atoms with Crippen molar-refractivity contribution < 1.29 is 33.3 Å². The molecule has 1 aliphatic carbocycles. The van der Waals surface area contributed by atoms with Crippen LogP contribution in [0.5, 0.6) is 0 Å². The molecule has 196 valence electrons. The molecule has 2 rings (SSSR count). The lowest BCUT2D eigenvalue weighted by molar-refractivity contribution is -0.197. The Labute approximate surface area is 206 Å². The van der Waals surface area contributed by atoms with Crippen LogP contribution in [0.3, 0.4) is 0 Å². The summed E-state index contributed by atoms with van der Waals surface area (Å²) in [5, 5.41) is 8.83. The second-order valence-corrected chi connectivity index (χ2v) is 15.1. The van der Waals surface area contributed by atoms with Crippen LogP contribution in [-0.4, -0.2) is 57.1 Å². The number of hydrogen-bond donors (Lipinski definition) is 1. The van der Waals surface area contributed by atoms with E-state index >= 15 is 0 Å². The third kappa shape index (κ3) is 10.6. The summed E-state index contributed by atoms with van der Waals surface area (Å²) in [4.78, 5) is 22.6. The number of rotatable bonds is 14. The molecular formula is C26H46O7Si. The lowest BCUT2D eigenvalue weighted by atomic mass is 9.91. The zero-order valence-corrected chi connectivity index (χ0v) is 22.8. The van der Waals surface area contributed by atoms with Gasteiger partial charge in [-0.15, -0.1) is 0 Å². The van der Waals surface area contributed by atoms with Crippen LogP contribution in [-0.2, 0) is 28.2 Å². The van der Waals surface area contributed by atoms with Crippen molar-refractivity contribution in [1.29, 1.82) is 0 Å². The highest BCUT2D eigenvalue weighted by Crippen LogP contribution is 2.41. The van der Waals surface area contributed by atoms with Crippen molar-refractivity contribution in [3.63, 3.8) is 0 Å². The monoisotopic (exact) mass is 498 g/mol. The molecule has 1 unspecified atom stereocenters. The minimum absolute atomic E-state index is 0.0817. The van der Waals surface area contributed by atoms with Gasteiger partial charge in [0.15, 0.2) is 14.6 Å². The summed E-state index contributed by atoms with van der Waals surface area (Å²) in [5.74, 6) is -0.251. The molecule has 1 heterocycles. The molecule has 1 saturated heterocycles. The number of aliphatic carboxylic acids is 1. The predicted molar refractivity (Wildman–Crippen MR) is 134 cm³/mol. The van der Waals surface area contributed by atoms with Crippen molar-refractivity contribution in [2.75, 3.05) is 13.2 Å². The van der Waals surface area contributed by atoms with E-state index in [0.29, 0.717) is 25.4 Å². The largest absolute Gasteiger partial charge is 0.481 e. The Morgan fingerprint density at radius 2 is 1.91 bits per heavy atom. The zero-order chi connectivity index (χ0) is 25.1. The SMILES string of the molecule is CC(=O)O[C@@H]1C[C@@H](OC2CCCCO2)[C@H](CO[Si](C)(C)CC(C)C)[C@H]1CC=CCCCC(=O)O. The average Bonchev–Trinajstić information content (AvgIpc) is 3.03. The molecule has 7 nitrogen and oxygen atoms in total. The third-order valence-corrected chi connectivity index (χ3v) is 9.40. The van der Waals surface area contributed by atoms with Crippen molar-refractivity contribution in [3.8, 4) is 0 Å². The maximum absolute atomic E-state index is 11.9.